The maximum atomic E-state index is 13.8. The fourth-order valence-corrected chi connectivity index (χ4v) is 7.61. The Morgan fingerprint density at radius 2 is 1.37 bits per heavy atom. The highest BCUT2D eigenvalue weighted by molar-refractivity contribution is 7.87. The molecule has 68 heavy (non-hydrogen) atoms. The molecule has 0 aliphatic carbocycles. The minimum Gasteiger partial charge on any atom is -0.487 e. The van der Waals surface area contributed by atoms with E-state index in [0.29, 0.717) is 12.1 Å². The Balaban J connectivity index is 0.000000611. The lowest BCUT2D eigenvalue weighted by molar-refractivity contribution is -0.386. The second-order valence-electron chi connectivity index (χ2n) is 17.0. The first kappa shape index (κ1) is 54.6. The van der Waals surface area contributed by atoms with E-state index in [0.717, 1.165) is 35.2 Å². The summed E-state index contributed by atoms with van der Waals surface area (Å²) in [5, 5.41) is 28.2. The van der Waals surface area contributed by atoms with Gasteiger partial charge in [-0.15, -0.1) is 0 Å². The number of hydrogen-bond donors (Lipinski definition) is 7. The number of benzene rings is 4. The summed E-state index contributed by atoms with van der Waals surface area (Å²) < 4.78 is 44.3. The molecule has 0 unspecified atom stereocenters. The fourth-order valence-electron chi connectivity index (χ4n) is 6.63. The summed E-state index contributed by atoms with van der Waals surface area (Å²) in [5.41, 5.74) is 15.5. The average molecular weight is 963 g/mol. The Morgan fingerprint density at radius 1 is 0.794 bits per heavy atom. The van der Waals surface area contributed by atoms with Crippen molar-refractivity contribution in [1.82, 2.24) is 11.0 Å². The van der Waals surface area contributed by atoms with E-state index in [1.165, 1.54) is 24.3 Å². The zero-order chi connectivity index (χ0) is 51.0. The van der Waals surface area contributed by atoms with Crippen LogP contribution in [-0.4, -0.2) is 55.7 Å². The van der Waals surface area contributed by atoms with Gasteiger partial charge in [0.15, 0.2) is 10.6 Å². The molecule has 0 bridgehead atoms. The average Bonchev–Trinajstić information content (AvgIpc) is 3.25. The molecule has 0 heterocycles. The first-order valence-electron chi connectivity index (χ1n) is 21.0. The van der Waals surface area contributed by atoms with Gasteiger partial charge < -0.3 is 40.1 Å². The molecule has 4 rings (SSSR count). The van der Waals surface area contributed by atoms with E-state index in [2.05, 4.69) is 49.6 Å². The number of nitro groups is 1. The number of ether oxygens (including phenoxy) is 2. The van der Waals surface area contributed by atoms with Crippen LogP contribution in [-0.2, 0) is 39.0 Å². The summed E-state index contributed by atoms with van der Waals surface area (Å²) in [5.74, 6) is -4.70. The van der Waals surface area contributed by atoms with Gasteiger partial charge in [0.2, 0.25) is 17.7 Å². The lowest BCUT2D eigenvalue weighted by atomic mass is 9.72. The van der Waals surface area contributed by atoms with Crippen LogP contribution in [0.1, 0.15) is 111 Å². The van der Waals surface area contributed by atoms with Crippen LogP contribution in [0.15, 0.2) is 83.8 Å². The van der Waals surface area contributed by atoms with Gasteiger partial charge in [-0.2, -0.15) is 19.4 Å². The van der Waals surface area contributed by atoms with Crippen molar-refractivity contribution in [2.75, 3.05) is 11.9 Å². The van der Waals surface area contributed by atoms with E-state index in [1.54, 1.807) is 24.3 Å². The number of nitrogens with one attached hydrogen (secondary N) is 5. The summed E-state index contributed by atoms with van der Waals surface area (Å²) in [6.45, 7) is 16.4. The van der Waals surface area contributed by atoms with E-state index < -0.39 is 61.4 Å². The van der Waals surface area contributed by atoms with Crippen molar-refractivity contribution in [3.8, 4) is 17.2 Å². The maximum absolute atomic E-state index is 13.8. The molecule has 0 spiro atoms. The number of hydrogen-bond acceptors (Lipinski definition) is 15. The Labute approximate surface area is 394 Å². The van der Waals surface area contributed by atoms with E-state index >= 15 is 0 Å². The van der Waals surface area contributed by atoms with Crippen LogP contribution >= 0.6 is 0 Å². The number of carbonyl (C=O) groups excluding carboxylic acids is 4. The lowest BCUT2D eigenvalue weighted by Gasteiger charge is -2.33. The summed E-state index contributed by atoms with van der Waals surface area (Å²) in [4.78, 5) is 67.8. The molecule has 0 aliphatic rings. The second-order valence-corrected chi connectivity index (χ2v) is 18.5. The highest BCUT2D eigenvalue weighted by Crippen LogP contribution is 2.41. The molecule has 22 heteroatoms. The highest BCUT2D eigenvalue weighted by Gasteiger charge is 2.33. The zero-order valence-electron chi connectivity index (χ0n) is 39.1. The predicted molar refractivity (Wildman–Crippen MR) is 252 cm³/mol. The highest BCUT2D eigenvalue weighted by atomic mass is 32.2. The molecule has 21 nitrogen and oxygen atoms in total. The van der Waals surface area contributed by atoms with E-state index in [4.69, 9.17) is 35.9 Å². The number of anilines is 1. The molecule has 4 aromatic rings. The third-order valence-corrected chi connectivity index (χ3v) is 10.8. The maximum Gasteiger partial charge on any atom is 0.354 e. The summed E-state index contributed by atoms with van der Waals surface area (Å²) in [7, 11) is -5.08. The van der Waals surface area contributed by atoms with Crippen LogP contribution < -0.4 is 37.2 Å². The quantitative estimate of drug-likeness (QED) is 0.0179. The van der Waals surface area contributed by atoms with Crippen LogP contribution in [0.25, 0.3) is 0 Å². The van der Waals surface area contributed by atoms with Crippen LogP contribution in [0.3, 0.4) is 0 Å². The predicted octanol–water partition coefficient (Wildman–Crippen LogP) is 7.34. The third-order valence-electron chi connectivity index (χ3n) is 9.53. The van der Waals surface area contributed by atoms with Gasteiger partial charge in [-0.25, -0.2) is 14.4 Å². The van der Waals surface area contributed by atoms with Gasteiger partial charge in [0, 0.05) is 30.7 Å². The minimum absolute atomic E-state index is 0.0462. The molecule has 0 radical (unpaired) electrons. The van der Waals surface area contributed by atoms with Gasteiger partial charge >= 0.3 is 33.7 Å². The number of aryl methyl sites for hydroxylation is 1. The topological polar surface area (TPSA) is 328 Å². The van der Waals surface area contributed by atoms with Gasteiger partial charge in [0.05, 0.1) is 22.7 Å². The van der Waals surface area contributed by atoms with Crippen LogP contribution in [0.4, 0.5) is 11.4 Å². The summed E-state index contributed by atoms with van der Waals surface area (Å²) >= 11 is 0. The zero-order valence-corrected chi connectivity index (χ0v) is 39.9. The molecule has 9 N–H and O–H groups in total. The monoisotopic (exact) mass is 962 g/mol. The summed E-state index contributed by atoms with van der Waals surface area (Å²) in [6.07, 6.45) is 1.51. The molecule has 0 fully saturated rings. The standard InChI is InChI=1S/C39H44N2O9S.C7H14N6O4/c1-9-21-48-33-23-34(49-28-19-17-27(18-20-28)39(7,8)24-38(4,5)6)35(22-32(33)41(44)45)51(46,47)50-37(43)30-15-11-10-14-29(30)36(42)40-31-16-12-13-25(2)26(31)3;8-6(9)12-16-4(14)2-1-3-5(15)17-13-7(10)11/h10-20,22-23H,9,21,24H2,1-8H3,(H,40,42);1-3H2,(H4,8,9,12)(H4,10,11,13). The van der Waals surface area contributed by atoms with E-state index in [-0.39, 0.29) is 65.1 Å². The largest absolute Gasteiger partial charge is 0.487 e. The Bertz CT molecular complexity index is 2580. The Kier molecular flexibility index (Phi) is 19.4. The van der Waals surface area contributed by atoms with Gasteiger partial charge in [0.1, 0.15) is 5.75 Å². The van der Waals surface area contributed by atoms with Crippen molar-refractivity contribution >= 4 is 57.2 Å². The molecular formula is C46H58N8O13S. The summed E-state index contributed by atoms with van der Waals surface area (Å²) in [6, 6.07) is 19.8. The molecule has 0 atom stereocenters. The number of rotatable bonds is 17. The molecule has 0 saturated heterocycles. The molecule has 0 aliphatic heterocycles. The third kappa shape index (κ3) is 16.9. The van der Waals surface area contributed by atoms with Gasteiger partial charge in [0.25, 0.3) is 5.91 Å². The second kappa shape index (κ2) is 24.1. The fraction of sp³-hybridized carbons (Fsp3) is 0.348. The molecular weight excluding hydrogens is 905 g/mol. The smallest absolute Gasteiger partial charge is 0.354 e. The van der Waals surface area contributed by atoms with Crippen molar-refractivity contribution in [1.29, 1.82) is 10.8 Å². The van der Waals surface area contributed by atoms with Crippen molar-refractivity contribution in [2.45, 2.75) is 97.8 Å². The number of amides is 1. The Hall–Kier alpha value is -7.75. The van der Waals surface area contributed by atoms with Gasteiger partial charge in [-0.1, -0.05) is 77.9 Å². The van der Waals surface area contributed by atoms with E-state index in [9.17, 15) is 37.7 Å². The number of guanidine groups is 2. The normalized spacial score (nSPS) is 11.1. The lowest BCUT2D eigenvalue weighted by Crippen LogP contribution is -2.33. The number of nitrogens with zero attached hydrogens (tertiary/aromatic N) is 1. The van der Waals surface area contributed by atoms with E-state index in [1.807, 2.05) is 49.9 Å². The minimum atomic E-state index is -5.08. The van der Waals surface area contributed by atoms with Crippen molar-refractivity contribution < 1.29 is 55.9 Å². The van der Waals surface area contributed by atoms with Crippen molar-refractivity contribution in [2.24, 2.45) is 16.9 Å². The van der Waals surface area contributed by atoms with Gasteiger partial charge in [-0.05, 0) is 91.0 Å². The molecule has 4 aromatic carbocycles. The van der Waals surface area contributed by atoms with Gasteiger partial charge in [-0.3, -0.25) is 25.7 Å². The first-order chi connectivity index (χ1) is 31.7. The Morgan fingerprint density at radius 3 is 1.90 bits per heavy atom. The first-order valence-corrected chi connectivity index (χ1v) is 22.4. The van der Waals surface area contributed by atoms with Crippen molar-refractivity contribution in [3.05, 3.63) is 117 Å². The van der Waals surface area contributed by atoms with Crippen LogP contribution in [0.2, 0.25) is 0 Å². The molecule has 0 aromatic heterocycles. The SMILES string of the molecule is CCCOc1cc(Oc2ccc(C(C)(C)CC(C)(C)C)cc2)c(S(=O)(=O)OC(=O)c2ccccc2C(=O)Nc2cccc(C)c2C)cc1[N+](=O)[O-].N=C(N)NOC(=O)CCCC(=O)ONC(=N)N. The van der Waals surface area contributed by atoms with Crippen LogP contribution in [0.5, 0.6) is 17.2 Å². The molecule has 0 saturated carbocycles. The number of hydroxylamine groups is 2. The number of nitrogens with two attached hydrogens (primary N) is 2. The number of nitro benzene ring substituents is 1. The van der Waals surface area contributed by atoms with Crippen LogP contribution in [0, 0.1) is 40.2 Å². The number of carbonyl (C=O) groups is 4. The molecule has 1 amide bonds. The van der Waals surface area contributed by atoms with Crippen molar-refractivity contribution in [3.63, 3.8) is 0 Å². The molecule has 366 valence electrons.